The third-order valence-corrected chi connectivity index (χ3v) is 4.68. The zero-order valence-electron chi connectivity index (χ0n) is 8.29. The summed E-state index contributed by atoms with van der Waals surface area (Å²) in [6.07, 6.45) is 4.10. The first kappa shape index (κ1) is 10.7. The molecular formula is C11H15BrOS. The Bertz CT molecular complexity index is 319. The summed E-state index contributed by atoms with van der Waals surface area (Å²) < 4.78 is 1.15. The van der Waals surface area contributed by atoms with Gasteiger partial charge in [0.15, 0.2) is 0 Å². The van der Waals surface area contributed by atoms with E-state index in [0.717, 1.165) is 16.6 Å². The number of hydrogen-bond donors (Lipinski definition) is 1. The van der Waals surface area contributed by atoms with E-state index in [0.29, 0.717) is 5.92 Å². The molecule has 0 saturated heterocycles. The van der Waals surface area contributed by atoms with Crippen molar-refractivity contribution in [2.45, 2.75) is 38.2 Å². The van der Waals surface area contributed by atoms with Gasteiger partial charge in [-0.2, -0.15) is 0 Å². The van der Waals surface area contributed by atoms with Crippen LogP contribution >= 0.6 is 27.3 Å². The van der Waals surface area contributed by atoms with Crippen LogP contribution in [0, 0.1) is 5.92 Å². The Kier molecular flexibility index (Phi) is 3.01. The third-order valence-electron chi connectivity index (χ3n) is 3.06. The van der Waals surface area contributed by atoms with E-state index in [4.69, 9.17) is 0 Å². The lowest BCUT2D eigenvalue weighted by Crippen LogP contribution is -2.32. The van der Waals surface area contributed by atoms with Gasteiger partial charge in [0.1, 0.15) is 0 Å². The first-order valence-electron chi connectivity index (χ1n) is 5.10. The van der Waals surface area contributed by atoms with Crippen molar-refractivity contribution in [1.82, 2.24) is 0 Å². The van der Waals surface area contributed by atoms with Crippen molar-refractivity contribution < 1.29 is 5.11 Å². The highest BCUT2D eigenvalue weighted by Crippen LogP contribution is 2.44. The first-order valence-corrected chi connectivity index (χ1v) is 6.71. The van der Waals surface area contributed by atoms with Crippen LogP contribution in [0.25, 0.3) is 0 Å². The Morgan fingerprint density at radius 2 is 2.29 bits per heavy atom. The Hall–Kier alpha value is 0.140. The van der Waals surface area contributed by atoms with E-state index in [1.807, 2.05) is 0 Å². The van der Waals surface area contributed by atoms with Gasteiger partial charge < -0.3 is 5.11 Å². The summed E-state index contributed by atoms with van der Waals surface area (Å²) in [4.78, 5) is 1.29. The molecule has 1 aliphatic carbocycles. The van der Waals surface area contributed by atoms with Crippen molar-refractivity contribution in [2.75, 3.05) is 0 Å². The third kappa shape index (κ3) is 2.20. The van der Waals surface area contributed by atoms with E-state index in [1.165, 1.54) is 17.7 Å². The van der Waals surface area contributed by atoms with Crippen LogP contribution in [-0.2, 0) is 6.42 Å². The van der Waals surface area contributed by atoms with E-state index in [1.54, 1.807) is 11.3 Å². The molecular weight excluding hydrogens is 260 g/mol. The molecule has 1 aromatic heterocycles. The van der Waals surface area contributed by atoms with E-state index in [9.17, 15) is 5.11 Å². The van der Waals surface area contributed by atoms with E-state index >= 15 is 0 Å². The average molecular weight is 275 g/mol. The van der Waals surface area contributed by atoms with Gasteiger partial charge >= 0.3 is 0 Å². The Morgan fingerprint density at radius 1 is 1.57 bits per heavy atom. The predicted molar refractivity (Wildman–Crippen MR) is 63.7 cm³/mol. The van der Waals surface area contributed by atoms with Gasteiger partial charge in [0.25, 0.3) is 0 Å². The Morgan fingerprint density at radius 3 is 2.71 bits per heavy atom. The molecule has 14 heavy (non-hydrogen) atoms. The van der Waals surface area contributed by atoms with Crippen molar-refractivity contribution in [3.05, 3.63) is 20.8 Å². The summed E-state index contributed by atoms with van der Waals surface area (Å²) >= 11 is 5.18. The second-order valence-corrected chi connectivity index (χ2v) is 6.66. The monoisotopic (exact) mass is 274 g/mol. The van der Waals surface area contributed by atoms with Gasteiger partial charge in [-0.25, -0.2) is 0 Å². The second kappa shape index (κ2) is 3.95. The van der Waals surface area contributed by atoms with Gasteiger partial charge in [-0.15, -0.1) is 11.3 Å². The van der Waals surface area contributed by atoms with Crippen molar-refractivity contribution in [3.8, 4) is 0 Å². The van der Waals surface area contributed by atoms with Gasteiger partial charge in [-0.3, -0.25) is 0 Å². The van der Waals surface area contributed by atoms with Crippen LogP contribution in [0.2, 0.25) is 0 Å². The zero-order valence-corrected chi connectivity index (χ0v) is 10.7. The molecule has 78 valence electrons. The number of thiophene rings is 1. The molecule has 1 atom stereocenters. The maximum Gasteiger partial charge on any atom is 0.0721 e. The fraction of sp³-hybridized carbons (Fsp3) is 0.636. The summed E-state index contributed by atoms with van der Waals surface area (Å²) in [7, 11) is 0. The van der Waals surface area contributed by atoms with Crippen molar-refractivity contribution >= 4 is 27.3 Å². The smallest absolute Gasteiger partial charge is 0.0721 e. The molecule has 1 unspecified atom stereocenters. The summed E-state index contributed by atoms with van der Waals surface area (Å²) in [5.41, 5.74) is -0.440. The molecule has 0 bridgehead atoms. The van der Waals surface area contributed by atoms with Crippen LogP contribution < -0.4 is 0 Å². The molecule has 0 spiro atoms. The van der Waals surface area contributed by atoms with Gasteiger partial charge in [-0.1, -0.05) is 6.92 Å². The number of halogens is 1. The summed E-state index contributed by atoms with van der Waals surface area (Å²) in [6, 6.07) is 4.17. The van der Waals surface area contributed by atoms with Crippen LogP contribution in [0.15, 0.2) is 15.9 Å². The van der Waals surface area contributed by atoms with Gasteiger partial charge in [0, 0.05) is 11.3 Å². The largest absolute Gasteiger partial charge is 0.389 e. The standard InChI is InChI=1S/C11H15BrOS/c1-2-11(13,8-3-4-8)7-9-5-6-10(12)14-9/h5-6,8,13H,2-4,7H2,1H3. The van der Waals surface area contributed by atoms with Crippen molar-refractivity contribution in [1.29, 1.82) is 0 Å². The van der Waals surface area contributed by atoms with Gasteiger partial charge in [-0.05, 0) is 53.2 Å². The average Bonchev–Trinajstić information content (AvgIpc) is 2.93. The van der Waals surface area contributed by atoms with Crippen LogP contribution in [0.5, 0.6) is 0 Å². The predicted octanol–water partition coefficient (Wildman–Crippen LogP) is 3.60. The van der Waals surface area contributed by atoms with E-state index in [2.05, 4.69) is 35.0 Å². The molecule has 1 aromatic rings. The molecule has 3 heteroatoms. The minimum Gasteiger partial charge on any atom is -0.389 e. The van der Waals surface area contributed by atoms with Crippen LogP contribution in [-0.4, -0.2) is 10.7 Å². The Balaban J connectivity index is 2.07. The van der Waals surface area contributed by atoms with Crippen LogP contribution in [0.3, 0.4) is 0 Å². The zero-order chi connectivity index (χ0) is 10.2. The molecule has 1 heterocycles. The molecule has 1 fully saturated rings. The van der Waals surface area contributed by atoms with Crippen molar-refractivity contribution in [2.24, 2.45) is 5.92 Å². The molecule has 0 radical (unpaired) electrons. The number of aliphatic hydroxyl groups is 1. The molecule has 0 aromatic carbocycles. The van der Waals surface area contributed by atoms with Gasteiger partial charge in [0.2, 0.25) is 0 Å². The molecule has 0 amide bonds. The van der Waals surface area contributed by atoms with Crippen LogP contribution in [0.1, 0.15) is 31.1 Å². The molecule has 2 rings (SSSR count). The fourth-order valence-corrected chi connectivity index (χ4v) is 3.53. The first-order chi connectivity index (χ1) is 6.64. The van der Waals surface area contributed by atoms with E-state index < -0.39 is 5.60 Å². The topological polar surface area (TPSA) is 20.2 Å². The minimum atomic E-state index is -0.440. The number of hydrogen-bond acceptors (Lipinski definition) is 2. The molecule has 1 nitrogen and oxygen atoms in total. The summed E-state index contributed by atoms with van der Waals surface area (Å²) in [5, 5.41) is 10.4. The molecule has 1 N–H and O–H groups in total. The Labute approximate surface area is 97.3 Å². The van der Waals surface area contributed by atoms with Crippen LogP contribution in [0.4, 0.5) is 0 Å². The lowest BCUT2D eigenvalue weighted by atomic mass is 9.90. The maximum absolute atomic E-state index is 10.4. The molecule has 1 aliphatic rings. The highest BCUT2D eigenvalue weighted by Gasteiger charge is 2.42. The minimum absolute atomic E-state index is 0.440. The quantitative estimate of drug-likeness (QED) is 0.890. The lowest BCUT2D eigenvalue weighted by molar-refractivity contribution is 0.0146. The lowest BCUT2D eigenvalue weighted by Gasteiger charge is -2.26. The summed E-state index contributed by atoms with van der Waals surface area (Å²) in [6.45, 7) is 2.08. The SMILES string of the molecule is CCC(O)(Cc1ccc(Br)s1)C1CC1. The number of rotatable bonds is 4. The maximum atomic E-state index is 10.4. The molecule has 0 aliphatic heterocycles. The van der Waals surface area contributed by atoms with Crippen molar-refractivity contribution in [3.63, 3.8) is 0 Å². The van der Waals surface area contributed by atoms with Gasteiger partial charge in [0.05, 0.1) is 9.39 Å². The molecule has 1 saturated carbocycles. The highest BCUT2D eigenvalue weighted by atomic mass is 79.9. The summed E-state index contributed by atoms with van der Waals surface area (Å²) in [5.74, 6) is 0.549. The highest BCUT2D eigenvalue weighted by molar-refractivity contribution is 9.11. The normalized spacial score (nSPS) is 20.8. The second-order valence-electron chi connectivity index (χ2n) is 4.11. The van der Waals surface area contributed by atoms with E-state index in [-0.39, 0.29) is 0 Å². The fourth-order valence-electron chi connectivity index (χ4n) is 1.93.